The first-order valence-electron chi connectivity index (χ1n) is 11.3. The number of esters is 2. The molecule has 2 bridgehead atoms. The van der Waals surface area contributed by atoms with Gasteiger partial charge in [-0.2, -0.15) is 0 Å². The number of fused-ring (bicyclic) bond motifs is 1. The van der Waals surface area contributed by atoms with Crippen molar-refractivity contribution in [3.63, 3.8) is 0 Å². The smallest absolute Gasteiger partial charge is 0.318 e. The second-order valence-electron chi connectivity index (χ2n) is 11.2. The number of carbonyl (C=O) groups is 3. The number of carboxylic acids is 1. The summed E-state index contributed by atoms with van der Waals surface area (Å²) in [6.07, 6.45) is 7.48. The van der Waals surface area contributed by atoms with E-state index < -0.39 is 11.4 Å². The molecule has 1 N–H and O–H groups in total. The Kier molecular flexibility index (Phi) is 3.82. The van der Waals surface area contributed by atoms with Gasteiger partial charge < -0.3 is 9.84 Å². The highest BCUT2D eigenvalue weighted by Crippen LogP contribution is 2.74. The number of ether oxygens (including phenoxy) is 1. The summed E-state index contributed by atoms with van der Waals surface area (Å²) in [6.45, 7) is 8.56. The summed E-state index contributed by atoms with van der Waals surface area (Å²) in [5, 5.41) is 10.1. The van der Waals surface area contributed by atoms with Crippen LogP contribution in [0.1, 0.15) is 66.2 Å². The second-order valence-corrected chi connectivity index (χ2v) is 11.2. The molecule has 1 spiro atoms. The summed E-state index contributed by atoms with van der Waals surface area (Å²) < 4.78 is 5.20. The predicted molar refractivity (Wildman–Crippen MR) is 105 cm³/mol. The lowest BCUT2D eigenvalue weighted by molar-refractivity contribution is -0.195. The van der Waals surface area contributed by atoms with Crippen LogP contribution in [0.3, 0.4) is 0 Å². The van der Waals surface area contributed by atoms with E-state index in [-0.39, 0.29) is 52.4 Å². The SMILES string of the molecule is CC(C)C1=C[C@@]23CC[C@H]4[C@](C)(CCC[C@@]4(C)C(=O)O)[C@@H]2C[C@H]1[C@H]1C(=O)OC(=O)[C@H]13. The van der Waals surface area contributed by atoms with Gasteiger partial charge in [0.05, 0.1) is 17.3 Å². The van der Waals surface area contributed by atoms with Crippen LogP contribution in [0.2, 0.25) is 0 Å². The molecular weight excluding hydrogens is 368 g/mol. The Balaban J connectivity index is 1.67. The number of cyclic esters (lactones) is 2. The molecule has 0 unspecified atom stereocenters. The summed E-state index contributed by atoms with van der Waals surface area (Å²) in [6, 6.07) is 0. The van der Waals surface area contributed by atoms with E-state index in [9.17, 15) is 19.5 Å². The molecule has 5 heteroatoms. The molecule has 0 aromatic rings. The number of carboxylic acid groups (broad SMARTS) is 1. The van der Waals surface area contributed by atoms with Gasteiger partial charge in [-0.25, -0.2) is 0 Å². The first-order chi connectivity index (χ1) is 13.6. The average molecular weight is 401 g/mol. The molecule has 0 radical (unpaired) electrons. The maximum atomic E-state index is 12.9. The van der Waals surface area contributed by atoms with Crippen molar-refractivity contribution < 1.29 is 24.2 Å². The van der Waals surface area contributed by atoms with Crippen molar-refractivity contribution in [1.82, 2.24) is 0 Å². The number of carbonyl (C=O) groups excluding carboxylic acids is 2. The van der Waals surface area contributed by atoms with Crippen LogP contribution in [-0.4, -0.2) is 23.0 Å². The predicted octanol–water partition coefficient (Wildman–Crippen LogP) is 4.21. The molecule has 5 aliphatic carbocycles. The molecule has 0 aromatic carbocycles. The van der Waals surface area contributed by atoms with Crippen LogP contribution in [0.4, 0.5) is 0 Å². The second kappa shape index (κ2) is 5.73. The Bertz CT molecular complexity index is 842. The van der Waals surface area contributed by atoms with Crippen LogP contribution in [0.15, 0.2) is 11.6 Å². The van der Waals surface area contributed by atoms with Crippen molar-refractivity contribution in [3.05, 3.63) is 11.6 Å². The van der Waals surface area contributed by atoms with E-state index in [0.717, 1.165) is 38.5 Å². The van der Waals surface area contributed by atoms with Crippen molar-refractivity contribution in [3.8, 4) is 0 Å². The Morgan fingerprint density at radius 1 is 1.14 bits per heavy atom. The molecule has 0 aromatic heterocycles. The summed E-state index contributed by atoms with van der Waals surface area (Å²) in [7, 11) is 0. The molecule has 29 heavy (non-hydrogen) atoms. The molecule has 6 rings (SSSR count). The summed E-state index contributed by atoms with van der Waals surface area (Å²) in [4.78, 5) is 37.8. The summed E-state index contributed by atoms with van der Waals surface area (Å²) >= 11 is 0. The van der Waals surface area contributed by atoms with Crippen molar-refractivity contribution in [2.75, 3.05) is 0 Å². The fraction of sp³-hybridized carbons (Fsp3) is 0.792. The Morgan fingerprint density at radius 2 is 1.86 bits per heavy atom. The number of rotatable bonds is 2. The highest BCUT2D eigenvalue weighted by Gasteiger charge is 2.73. The molecule has 1 heterocycles. The lowest BCUT2D eigenvalue weighted by Crippen LogP contribution is -2.65. The van der Waals surface area contributed by atoms with Gasteiger partial charge in [0.25, 0.3) is 0 Å². The maximum absolute atomic E-state index is 12.9. The minimum absolute atomic E-state index is 0.0550. The number of hydrogen-bond donors (Lipinski definition) is 1. The fourth-order valence-corrected chi connectivity index (χ4v) is 8.76. The minimum atomic E-state index is -0.707. The quantitative estimate of drug-likeness (QED) is 0.427. The van der Waals surface area contributed by atoms with Gasteiger partial charge in [-0.15, -0.1) is 0 Å². The van der Waals surface area contributed by atoms with Gasteiger partial charge in [0.1, 0.15) is 0 Å². The topological polar surface area (TPSA) is 80.7 Å². The molecule has 6 aliphatic rings. The maximum Gasteiger partial charge on any atom is 0.318 e. The normalized spacial score (nSPS) is 50.5. The molecule has 4 fully saturated rings. The lowest BCUT2D eigenvalue weighted by Gasteiger charge is -2.68. The van der Waals surface area contributed by atoms with E-state index in [2.05, 4.69) is 26.8 Å². The first kappa shape index (κ1) is 19.3. The molecule has 158 valence electrons. The van der Waals surface area contributed by atoms with Gasteiger partial charge in [-0.1, -0.05) is 38.8 Å². The zero-order chi connectivity index (χ0) is 20.9. The summed E-state index contributed by atoms with van der Waals surface area (Å²) in [5.41, 5.74) is 0.122. The van der Waals surface area contributed by atoms with E-state index in [1.165, 1.54) is 5.57 Å². The Morgan fingerprint density at radius 3 is 2.52 bits per heavy atom. The minimum Gasteiger partial charge on any atom is -0.481 e. The van der Waals surface area contributed by atoms with Gasteiger partial charge in [0, 0.05) is 5.41 Å². The van der Waals surface area contributed by atoms with E-state index in [4.69, 9.17) is 4.74 Å². The van der Waals surface area contributed by atoms with Gasteiger partial charge in [0.15, 0.2) is 0 Å². The van der Waals surface area contributed by atoms with Crippen molar-refractivity contribution >= 4 is 17.9 Å². The van der Waals surface area contributed by atoms with Crippen molar-refractivity contribution in [2.24, 2.45) is 51.8 Å². The fourth-order valence-electron chi connectivity index (χ4n) is 8.76. The van der Waals surface area contributed by atoms with Crippen LogP contribution in [0.5, 0.6) is 0 Å². The monoisotopic (exact) mass is 400 g/mol. The third kappa shape index (κ3) is 2.14. The number of allylic oxidation sites excluding steroid dienone is 2. The van der Waals surface area contributed by atoms with E-state index >= 15 is 0 Å². The van der Waals surface area contributed by atoms with Crippen LogP contribution in [0.25, 0.3) is 0 Å². The van der Waals surface area contributed by atoms with Crippen LogP contribution in [0, 0.1) is 51.8 Å². The van der Waals surface area contributed by atoms with Gasteiger partial charge in [-0.05, 0) is 68.1 Å². The molecule has 1 saturated heterocycles. The molecule has 5 nitrogen and oxygen atoms in total. The number of hydrogen-bond acceptors (Lipinski definition) is 4. The molecule has 1 aliphatic heterocycles. The highest BCUT2D eigenvalue weighted by molar-refractivity contribution is 5.98. The van der Waals surface area contributed by atoms with Crippen molar-refractivity contribution in [2.45, 2.75) is 66.2 Å². The van der Waals surface area contributed by atoms with Gasteiger partial charge in [0.2, 0.25) is 0 Å². The Labute approximate surface area is 172 Å². The number of aliphatic carboxylic acids is 1. The third-order valence-corrected chi connectivity index (χ3v) is 9.89. The molecule has 8 atom stereocenters. The van der Waals surface area contributed by atoms with Crippen molar-refractivity contribution in [1.29, 1.82) is 0 Å². The molecule has 3 saturated carbocycles. The van der Waals surface area contributed by atoms with Crippen LogP contribution in [-0.2, 0) is 19.1 Å². The molecule has 0 amide bonds. The van der Waals surface area contributed by atoms with Gasteiger partial charge >= 0.3 is 17.9 Å². The van der Waals surface area contributed by atoms with Crippen LogP contribution < -0.4 is 0 Å². The molecular formula is C24H32O5. The first-order valence-corrected chi connectivity index (χ1v) is 11.3. The zero-order valence-corrected chi connectivity index (χ0v) is 17.9. The lowest BCUT2D eigenvalue weighted by atomic mass is 9.34. The van der Waals surface area contributed by atoms with E-state index in [1.54, 1.807) is 0 Å². The average Bonchev–Trinajstić information content (AvgIpc) is 2.97. The van der Waals surface area contributed by atoms with E-state index in [1.807, 2.05) is 6.92 Å². The van der Waals surface area contributed by atoms with Crippen LogP contribution >= 0.6 is 0 Å². The zero-order valence-electron chi connectivity index (χ0n) is 17.9. The standard InChI is InChI=1S/C24H32O5/c1-12(2)14-11-24-9-6-15-22(3,7-5-8-23(15,4)21(27)28)16(24)10-13(14)17-18(24)20(26)29-19(17)25/h11-13,15-18H,5-10H2,1-4H3,(H,27,28)/t13-,15+,16+,17-,18+,22+,23-,24+/m1/s1. The Hall–Kier alpha value is -1.65. The largest absolute Gasteiger partial charge is 0.481 e. The van der Waals surface area contributed by atoms with Gasteiger partial charge in [-0.3, -0.25) is 14.4 Å². The third-order valence-electron chi connectivity index (χ3n) is 9.89. The highest BCUT2D eigenvalue weighted by atomic mass is 16.6. The summed E-state index contributed by atoms with van der Waals surface area (Å²) in [5.74, 6) is -1.33. The van der Waals surface area contributed by atoms with E-state index in [0.29, 0.717) is 5.92 Å².